The fourth-order valence-electron chi connectivity index (χ4n) is 3.64. The summed E-state index contributed by atoms with van der Waals surface area (Å²) in [6.07, 6.45) is 3.12. The molecule has 1 aliphatic heterocycles. The molecule has 168 valence electrons. The molecule has 10 heteroatoms. The Morgan fingerprint density at radius 2 is 1.97 bits per heavy atom. The van der Waals surface area contributed by atoms with Crippen molar-refractivity contribution in [2.75, 3.05) is 38.4 Å². The van der Waals surface area contributed by atoms with Crippen LogP contribution in [0, 0.1) is 17.2 Å². The zero-order valence-electron chi connectivity index (χ0n) is 17.3. The number of hydrogen-bond acceptors (Lipinski definition) is 5. The second-order valence-electron chi connectivity index (χ2n) is 7.62. The Morgan fingerprint density at radius 1 is 1.19 bits per heavy atom. The SMILES string of the molecule is CS(=O)(=O)N1CC(COc2ccc3c(ccn3-c3cc(Cl)c(OCCCl)c(C#N)c3)c2)C1. The molecule has 0 radical (unpaired) electrons. The van der Waals surface area contributed by atoms with Crippen molar-refractivity contribution in [3.63, 3.8) is 0 Å². The number of hydrogen-bond donors (Lipinski definition) is 0. The molecule has 4 rings (SSSR count). The van der Waals surface area contributed by atoms with Gasteiger partial charge in [-0.05, 0) is 36.4 Å². The Morgan fingerprint density at radius 3 is 2.66 bits per heavy atom. The lowest BCUT2D eigenvalue weighted by molar-refractivity contribution is 0.130. The van der Waals surface area contributed by atoms with Gasteiger partial charge in [0.05, 0.1) is 34.8 Å². The molecule has 1 fully saturated rings. The van der Waals surface area contributed by atoms with Gasteiger partial charge in [0.2, 0.25) is 10.0 Å². The van der Waals surface area contributed by atoms with Gasteiger partial charge >= 0.3 is 0 Å². The van der Waals surface area contributed by atoms with Crippen LogP contribution in [0.4, 0.5) is 0 Å². The molecule has 2 heterocycles. The van der Waals surface area contributed by atoms with E-state index in [1.165, 1.54) is 10.6 Å². The molecule has 0 amide bonds. The highest BCUT2D eigenvalue weighted by Gasteiger charge is 2.33. The first-order chi connectivity index (χ1) is 15.3. The van der Waals surface area contributed by atoms with Crippen LogP contribution in [-0.4, -0.2) is 55.7 Å². The van der Waals surface area contributed by atoms with E-state index in [-0.39, 0.29) is 12.5 Å². The quantitative estimate of drug-likeness (QED) is 0.442. The average molecular weight is 494 g/mol. The van der Waals surface area contributed by atoms with Crippen LogP contribution in [0.3, 0.4) is 0 Å². The largest absolute Gasteiger partial charge is 0.493 e. The zero-order chi connectivity index (χ0) is 22.9. The highest BCUT2D eigenvalue weighted by atomic mass is 35.5. The second-order valence-corrected chi connectivity index (χ2v) is 10.4. The number of halogens is 2. The lowest BCUT2D eigenvalue weighted by Gasteiger charge is -2.36. The Balaban J connectivity index is 1.51. The number of fused-ring (bicyclic) bond motifs is 1. The minimum Gasteiger partial charge on any atom is -0.493 e. The molecule has 0 saturated carbocycles. The van der Waals surface area contributed by atoms with Crippen molar-refractivity contribution in [1.82, 2.24) is 8.87 Å². The molecule has 0 aliphatic carbocycles. The molecule has 1 saturated heterocycles. The van der Waals surface area contributed by atoms with Crippen molar-refractivity contribution in [3.05, 3.63) is 53.2 Å². The van der Waals surface area contributed by atoms with Gasteiger partial charge in [-0.2, -0.15) is 5.26 Å². The van der Waals surface area contributed by atoms with Gasteiger partial charge in [-0.1, -0.05) is 11.6 Å². The molecule has 2 aromatic carbocycles. The summed E-state index contributed by atoms with van der Waals surface area (Å²) in [5, 5.41) is 10.8. The third-order valence-electron chi connectivity index (χ3n) is 5.29. The Kier molecular flexibility index (Phi) is 6.54. The number of nitriles is 1. The fraction of sp³-hybridized carbons (Fsp3) is 0.318. The summed E-state index contributed by atoms with van der Waals surface area (Å²) in [5.74, 6) is 1.53. The second kappa shape index (κ2) is 9.20. The van der Waals surface area contributed by atoms with Crippen LogP contribution in [0.2, 0.25) is 5.02 Å². The normalized spacial score (nSPS) is 14.8. The predicted octanol–water partition coefficient (Wildman–Crippen LogP) is 4.04. The highest BCUT2D eigenvalue weighted by molar-refractivity contribution is 7.88. The summed E-state index contributed by atoms with van der Waals surface area (Å²) in [4.78, 5) is 0. The third kappa shape index (κ3) is 4.66. The van der Waals surface area contributed by atoms with Crippen LogP contribution < -0.4 is 9.47 Å². The van der Waals surface area contributed by atoms with Crippen molar-refractivity contribution in [3.8, 4) is 23.3 Å². The van der Waals surface area contributed by atoms with Gasteiger partial charge in [0.1, 0.15) is 18.4 Å². The number of sulfonamides is 1. The van der Waals surface area contributed by atoms with E-state index in [0.717, 1.165) is 16.6 Å². The molecule has 0 unspecified atom stereocenters. The number of rotatable bonds is 8. The Labute approximate surface area is 196 Å². The molecule has 32 heavy (non-hydrogen) atoms. The lowest BCUT2D eigenvalue weighted by Crippen LogP contribution is -2.51. The van der Waals surface area contributed by atoms with Gasteiger partial charge in [-0.3, -0.25) is 0 Å². The molecule has 0 bridgehead atoms. The maximum atomic E-state index is 11.5. The minimum absolute atomic E-state index is 0.191. The van der Waals surface area contributed by atoms with E-state index in [2.05, 4.69) is 6.07 Å². The van der Waals surface area contributed by atoms with Gasteiger partial charge in [0.25, 0.3) is 0 Å². The fourth-order valence-corrected chi connectivity index (χ4v) is 4.95. The van der Waals surface area contributed by atoms with Gasteiger partial charge < -0.3 is 14.0 Å². The topological polar surface area (TPSA) is 84.6 Å². The molecule has 7 nitrogen and oxygen atoms in total. The molecule has 0 N–H and O–H groups in total. The van der Waals surface area contributed by atoms with Crippen molar-refractivity contribution in [2.24, 2.45) is 5.92 Å². The van der Waals surface area contributed by atoms with Gasteiger partial charge in [0, 0.05) is 36.3 Å². The van der Waals surface area contributed by atoms with Crippen LogP contribution >= 0.6 is 23.2 Å². The standard InChI is InChI=1S/C22H21Cl2N3O4S/c1-32(28,29)26-12-15(13-26)14-31-19-2-3-21-16(9-19)4-6-27(21)18-8-17(11-25)22(20(24)10-18)30-7-5-23/h2-4,6,8-10,15H,5,7,12-14H2,1H3. The van der Waals surface area contributed by atoms with E-state index in [9.17, 15) is 13.7 Å². The van der Waals surface area contributed by atoms with Crippen LogP contribution in [0.5, 0.6) is 11.5 Å². The van der Waals surface area contributed by atoms with Crippen molar-refractivity contribution < 1.29 is 17.9 Å². The van der Waals surface area contributed by atoms with Gasteiger partial charge in [0.15, 0.2) is 5.75 Å². The van der Waals surface area contributed by atoms with Crippen molar-refractivity contribution in [1.29, 1.82) is 5.26 Å². The van der Waals surface area contributed by atoms with E-state index in [1.807, 2.05) is 35.0 Å². The monoisotopic (exact) mass is 493 g/mol. The molecular formula is C22H21Cl2N3O4S. The summed E-state index contributed by atoms with van der Waals surface area (Å²) in [7, 11) is -3.12. The molecule has 1 aromatic heterocycles. The smallest absolute Gasteiger partial charge is 0.211 e. The van der Waals surface area contributed by atoms with E-state index >= 15 is 0 Å². The number of aromatic nitrogens is 1. The summed E-state index contributed by atoms with van der Waals surface area (Å²) < 4.78 is 37.7. The summed E-state index contributed by atoms with van der Waals surface area (Å²) in [5.41, 5.74) is 2.01. The molecule has 1 aliphatic rings. The Hall–Kier alpha value is -2.44. The molecular weight excluding hydrogens is 473 g/mol. The molecule has 0 atom stereocenters. The van der Waals surface area contributed by atoms with Crippen molar-refractivity contribution >= 4 is 44.1 Å². The summed E-state index contributed by atoms with van der Waals surface area (Å²) in [6.45, 7) is 1.70. The minimum atomic E-state index is -3.12. The number of nitrogens with zero attached hydrogens (tertiary/aromatic N) is 3. The predicted molar refractivity (Wildman–Crippen MR) is 125 cm³/mol. The first kappa shape index (κ1) is 22.7. The zero-order valence-corrected chi connectivity index (χ0v) is 19.6. The summed E-state index contributed by atoms with van der Waals surface area (Å²) >= 11 is 12.1. The first-order valence-electron chi connectivity index (χ1n) is 9.92. The average Bonchev–Trinajstić information content (AvgIpc) is 3.13. The highest BCUT2D eigenvalue weighted by Crippen LogP contribution is 2.33. The van der Waals surface area contributed by atoms with E-state index in [4.69, 9.17) is 32.7 Å². The van der Waals surface area contributed by atoms with E-state index in [0.29, 0.717) is 47.7 Å². The van der Waals surface area contributed by atoms with Crippen LogP contribution in [0.25, 0.3) is 16.6 Å². The van der Waals surface area contributed by atoms with E-state index in [1.54, 1.807) is 12.1 Å². The molecule has 3 aromatic rings. The number of benzene rings is 2. The van der Waals surface area contributed by atoms with E-state index < -0.39 is 10.0 Å². The number of ether oxygens (including phenoxy) is 2. The first-order valence-corrected chi connectivity index (χ1v) is 12.7. The summed E-state index contributed by atoms with van der Waals surface area (Å²) in [6, 6.07) is 13.3. The third-order valence-corrected chi connectivity index (χ3v) is 6.96. The maximum Gasteiger partial charge on any atom is 0.211 e. The lowest BCUT2D eigenvalue weighted by atomic mass is 10.1. The van der Waals surface area contributed by atoms with Gasteiger partial charge in [-0.25, -0.2) is 12.7 Å². The van der Waals surface area contributed by atoms with Crippen LogP contribution in [0.1, 0.15) is 5.56 Å². The van der Waals surface area contributed by atoms with Gasteiger partial charge in [-0.15, -0.1) is 11.6 Å². The van der Waals surface area contributed by atoms with Crippen LogP contribution in [-0.2, 0) is 10.0 Å². The van der Waals surface area contributed by atoms with Crippen LogP contribution in [0.15, 0.2) is 42.6 Å². The number of alkyl halides is 1. The maximum absolute atomic E-state index is 11.5. The molecule has 0 spiro atoms. The Bertz CT molecular complexity index is 1290. The van der Waals surface area contributed by atoms with Crippen molar-refractivity contribution in [2.45, 2.75) is 0 Å².